The number of thiocarbonyl (C=S) groups is 1. The molecule has 0 aromatic heterocycles. The Morgan fingerprint density at radius 2 is 1.88 bits per heavy atom. The molecule has 0 spiro atoms. The standard InChI is InChI=1S/C18H21N3O2S/c1-21(18(24)19-12-14-8-5-4-6-9-14)20-13-15-10-7-11-16(22-2)17(15)23-3/h4-11,13H,12H2,1-3H3,(H,19,24)/b20-13-. The van der Waals surface area contributed by atoms with Crippen LogP contribution in [0.3, 0.4) is 0 Å². The number of hydrazone groups is 1. The molecular weight excluding hydrogens is 322 g/mol. The van der Waals surface area contributed by atoms with E-state index >= 15 is 0 Å². The first kappa shape index (κ1) is 17.7. The summed E-state index contributed by atoms with van der Waals surface area (Å²) in [6.45, 7) is 0.655. The van der Waals surface area contributed by atoms with Gasteiger partial charge in [0.2, 0.25) is 0 Å². The zero-order valence-electron chi connectivity index (χ0n) is 14.0. The number of ether oxygens (including phenoxy) is 2. The number of nitrogens with zero attached hydrogens (tertiary/aromatic N) is 2. The zero-order valence-corrected chi connectivity index (χ0v) is 14.8. The van der Waals surface area contributed by atoms with E-state index in [-0.39, 0.29) is 0 Å². The highest BCUT2D eigenvalue weighted by molar-refractivity contribution is 7.80. The van der Waals surface area contributed by atoms with Gasteiger partial charge in [-0.05, 0) is 29.9 Å². The number of benzene rings is 2. The van der Waals surface area contributed by atoms with Gasteiger partial charge in [0, 0.05) is 19.2 Å². The number of methoxy groups -OCH3 is 2. The number of hydrogen-bond acceptors (Lipinski definition) is 4. The van der Waals surface area contributed by atoms with Gasteiger partial charge >= 0.3 is 0 Å². The molecule has 0 heterocycles. The van der Waals surface area contributed by atoms with Crippen LogP contribution < -0.4 is 14.8 Å². The molecule has 0 saturated carbocycles. The third kappa shape index (κ3) is 4.70. The van der Waals surface area contributed by atoms with Crippen molar-refractivity contribution in [1.82, 2.24) is 10.3 Å². The number of nitrogens with one attached hydrogen (secondary N) is 1. The van der Waals surface area contributed by atoms with Crippen LogP contribution in [0.1, 0.15) is 11.1 Å². The molecule has 0 bridgehead atoms. The Labute approximate surface area is 147 Å². The summed E-state index contributed by atoms with van der Waals surface area (Å²) in [5.74, 6) is 1.30. The van der Waals surface area contributed by atoms with Crippen molar-refractivity contribution >= 4 is 23.5 Å². The van der Waals surface area contributed by atoms with E-state index in [9.17, 15) is 0 Å². The van der Waals surface area contributed by atoms with Crippen molar-refractivity contribution in [2.45, 2.75) is 6.54 Å². The highest BCUT2D eigenvalue weighted by atomic mass is 32.1. The van der Waals surface area contributed by atoms with Gasteiger partial charge in [0.15, 0.2) is 16.6 Å². The smallest absolute Gasteiger partial charge is 0.189 e. The van der Waals surface area contributed by atoms with Gasteiger partial charge in [-0.2, -0.15) is 5.10 Å². The van der Waals surface area contributed by atoms with Crippen LogP contribution in [0.15, 0.2) is 53.6 Å². The van der Waals surface area contributed by atoms with Crippen LogP contribution in [0.25, 0.3) is 0 Å². The van der Waals surface area contributed by atoms with Crippen LogP contribution in [-0.2, 0) is 6.54 Å². The molecule has 0 fully saturated rings. The van der Waals surface area contributed by atoms with Gasteiger partial charge in [0.05, 0.1) is 20.4 Å². The van der Waals surface area contributed by atoms with Gasteiger partial charge in [-0.25, -0.2) is 5.01 Å². The summed E-state index contributed by atoms with van der Waals surface area (Å²) in [5.41, 5.74) is 1.97. The van der Waals surface area contributed by atoms with E-state index in [2.05, 4.69) is 10.4 Å². The Hall–Kier alpha value is -2.60. The average Bonchev–Trinajstić information content (AvgIpc) is 2.64. The first-order valence-corrected chi connectivity index (χ1v) is 7.87. The molecule has 2 aromatic rings. The van der Waals surface area contributed by atoms with Gasteiger partial charge in [-0.15, -0.1) is 0 Å². The van der Waals surface area contributed by atoms with E-state index in [4.69, 9.17) is 21.7 Å². The third-order valence-corrected chi connectivity index (χ3v) is 3.79. The van der Waals surface area contributed by atoms with Crippen LogP contribution in [0.2, 0.25) is 0 Å². The summed E-state index contributed by atoms with van der Waals surface area (Å²) in [6, 6.07) is 15.7. The molecule has 0 aliphatic heterocycles. The fraction of sp³-hybridized carbons (Fsp3) is 0.222. The average molecular weight is 343 g/mol. The van der Waals surface area contributed by atoms with E-state index in [1.54, 1.807) is 32.5 Å². The lowest BCUT2D eigenvalue weighted by atomic mass is 10.2. The maximum atomic E-state index is 5.38. The van der Waals surface area contributed by atoms with Crippen LogP contribution in [0, 0.1) is 0 Å². The maximum absolute atomic E-state index is 5.38. The van der Waals surface area contributed by atoms with Crippen molar-refractivity contribution in [1.29, 1.82) is 0 Å². The first-order chi connectivity index (χ1) is 11.7. The lowest BCUT2D eigenvalue weighted by Crippen LogP contribution is -2.33. The molecule has 0 amide bonds. The Balaban J connectivity index is 1.99. The molecule has 0 aliphatic rings. The highest BCUT2D eigenvalue weighted by Gasteiger charge is 2.08. The molecule has 1 N–H and O–H groups in total. The van der Waals surface area contributed by atoms with E-state index in [0.717, 1.165) is 11.1 Å². The second-order valence-corrected chi connectivity index (χ2v) is 5.38. The fourth-order valence-corrected chi connectivity index (χ4v) is 2.22. The quantitative estimate of drug-likeness (QED) is 0.496. The molecule has 2 aromatic carbocycles. The normalized spacial score (nSPS) is 10.5. The molecule has 0 aliphatic carbocycles. The van der Waals surface area contributed by atoms with Crippen molar-refractivity contribution in [3.8, 4) is 11.5 Å². The minimum atomic E-state index is 0.539. The minimum absolute atomic E-state index is 0.539. The molecular formula is C18H21N3O2S. The Morgan fingerprint density at radius 1 is 1.12 bits per heavy atom. The van der Waals surface area contributed by atoms with E-state index in [0.29, 0.717) is 23.2 Å². The first-order valence-electron chi connectivity index (χ1n) is 7.46. The van der Waals surface area contributed by atoms with Crippen LogP contribution in [0.5, 0.6) is 11.5 Å². The van der Waals surface area contributed by atoms with Crippen molar-refractivity contribution < 1.29 is 9.47 Å². The fourth-order valence-electron chi connectivity index (χ4n) is 2.10. The number of hydrogen-bond donors (Lipinski definition) is 1. The molecule has 24 heavy (non-hydrogen) atoms. The molecule has 0 atom stereocenters. The molecule has 2 rings (SSSR count). The summed E-state index contributed by atoms with van der Waals surface area (Å²) in [6.07, 6.45) is 1.69. The number of rotatable bonds is 6. The molecule has 0 unspecified atom stereocenters. The summed E-state index contributed by atoms with van der Waals surface area (Å²) in [5, 5.41) is 9.68. The molecule has 0 saturated heterocycles. The van der Waals surface area contributed by atoms with Gasteiger partial charge in [-0.1, -0.05) is 36.4 Å². The summed E-state index contributed by atoms with van der Waals surface area (Å²) >= 11 is 5.35. The molecule has 0 radical (unpaired) electrons. The van der Waals surface area contributed by atoms with Gasteiger partial charge in [-0.3, -0.25) is 0 Å². The summed E-state index contributed by atoms with van der Waals surface area (Å²) < 4.78 is 10.7. The van der Waals surface area contributed by atoms with Crippen molar-refractivity contribution in [2.24, 2.45) is 5.10 Å². The third-order valence-electron chi connectivity index (χ3n) is 3.38. The van der Waals surface area contributed by atoms with Crippen LogP contribution in [0.4, 0.5) is 0 Å². The van der Waals surface area contributed by atoms with Crippen molar-refractivity contribution in [2.75, 3.05) is 21.3 Å². The Bertz CT molecular complexity index is 705. The van der Waals surface area contributed by atoms with Crippen LogP contribution >= 0.6 is 12.2 Å². The lowest BCUT2D eigenvalue weighted by molar-refractivity contribution is 0.354. The molecule has 6 heteroatoms. The SMILES string of the molecule is COc1cccc(/C=N\N(C)C(=S)NCc2ccccc2)c1OC. The van der Waals surface area contributed by atoms with E-state index in [1.807, 2.05) is 48.5 Å². The summed E-state index contributed by atoms with van der Waals surface area (Å²) in [7, 11) is 5.00. The van der Waals surface area contributed by atoms with Crippen molar-refractivity contribution in [3.63, 3.8) is 0 Å². The summed E-state index contributed by atoms with van der Waals surface area (Å²) in [4.78, 5) is 0. The largest absolute Gasteiger partial charge is 0.493 e. The van der Waals surface area contributed by atoms with Crippen LogP contribution in [-0.4, -0.2) is 37.6 Å². The van der Waals surface area contributed by atoms with E-state index in [1.165, 1.54) is 0 Å². The lowest BCUT2D eigenvalue weighted by Gasteiger charge is -2.16. The molecule has 126 valence electrons. The van der Waals surface area contributed by atoms with E-state index < -0.39 is 0 Å². The highest BCUT2D eigenvalue weighted by Crippen LogP contribution is 2.29. The maximum Gasteiger partial charge on any atom is 0.189 e. The minimum Gasteiger partial charge on any atom is -0.493 e. The predicted molar refractivity (Wildman–Crippen MR) is 101 cm³/mol. The monoisotopic (exact) mass is 343 g/mol. The zero-order chi connectivity index (χ0) is 17.4. The second kappa shape index (κ2) is 8.88. The second-order valence-electron chi connectivity index (χ2n) is 5.00. The van der Waals surface area contributed by atoms with Crippen molar-refractivity contribution in [3.05, 3.63) is 59.7 Å². The van der Waals surface area contributed by atoms with Gasteiger partial charge in [0.25, 0.3) is 0 Å². The predicted octanol–water partition coefficient (Wildman–Crippen LogP) is 3.04. The number of para-hydroxylation sites is 1. The Kier molecular flexibility index (Phi) is 6.57. The molecule has 5 nitrogen and oxygen atoms in total. The topological polar surface area (TPSA) is 46.1 Å². The van der Waals surface area contributed by atoms with Gasteiger partial charge < -0.3 is 14.8 Å². The van der Waals surface area contributed by atoms with Gasteiger partial charge in [0.1, 0.15) is 0 Å². The Morgan fingerprint density at radius 3 is 2.54 bits per heavy atom.